The Hall–Kier alpha value is -1.56. The molecule has 0 saturated carbocycles. The van der Waals surface area contributed by atoms with Gasteiger partial charge in [0.1, 0.15) is 12.7 Å². The molecule has 18 heavy (non-hydrogen) atoms. The van der Waals surface area contributed by atoms with Crippen LogP contribution in [0.2, 0.25) is 0 Å². The Bertz CT molecular complexity index is 476. The van der Waals surface area contributed by atoms with Gasteiger partial charge >= 0.3 is 0 Å². The lowest BCUT2D eigenvalue weighted by Crippen LogP contribution is -2.24. The highest BCUT2D eigenvalue weighted by Gasteiger charge is 2.13. The molecule has 2 aromatic heterocycles. The molecule has 1 fully saturated rings. The van der Waals surface area contributed by atoms with Crippen LogP contribution in [0.1, 0.15) is 12.8 Å². The maximum atomic E-state index is 4.38. The van der Waals surface area contributed by atoms with Crippen LogP contribution in [-0.4, -0.2) is 37.3 Å². The summed E-state index contributed by atoms with van der Waals surface area (Å²) >= 11 is 2.04. The molecule has 6 heteroatoms. The Morgan fingerprint density at radius 3 is 2.83 bits per heavy atom. The Kier molecular flexibility index (Phi) is 3.45. The highest BCUT2D eigenvalue weighted by Crippen LogP contribution is 2.20. The van der Waals surface area contributed by atoms with Crippen LogP contribution in [0, 0.1) is 0 Å². The molecule has 1 N–H and O–H groups in total. The van der Waals surface area contributed by atoms with E-state index in [4.69, 9.17) is 0 Å². The van der Waals surface area contributed by atoms with E-state index in [0.29, 0.717) is 6.04 Å². The van der Waals surface area contributed by atoms with Crippen LogP contribution in [0.3, 0.4) is 0 Å². The third kappa shape index (κ3) is 2.64. The van der Waals surface area contributed by atoms with E-state index >= 15 is 0 Å². The van der Waals surface area contributed by atoms with E-state index in [1.54, 1.807) is 11.0 Å². The molecule has 0 radical (unpaired) electrons. The molecule has 0 unspecified atom stereocenters. The summed E-state index contributed by atoms with van der Waals surface area (Å²) in [6.07, 6.45) is 7.48. The molecule has 3 rings (SSSR count). The first-order valence-corrected chi connectivity index (χ1v) is 7.22. The average Bonchev–Trinajstić information content (AvgIpc) is 2.95. The second-order valence-electron chi connectivity index (χ2n) is 4.28. The number of nitrogens with zero attached hydrogens (tertiary/aromatic N) is 4. The topological polar surface area (TPSA) is 55.6 Å². The Labute approximate surface area is 110 Å². The van der Waals surface area contributed by atoms with Gasteiger partial charge in [-0.2, -0.15) is 16.9 Å². The smallest absolute Gasteiger partial charge is 0.155 e. The van der Waals surface area contributed by atoms with Crippen molar-refractivity contribution < 1.29 is 0 Å². The van der Waals surface area contributed by atoms with Gasteiger partial charge in [-0.25, -0.2) is 14.6 Å². The van der Waals surface area contributed by atoms with Crippen LogP contribution < -0.4 is 5.32 Å². The number of thioether (sulfide) groups is 1. The molecule has 0 amide bonds. The summed E-state index contributed by atoms with van der Waals surface area (Å²) in [5.74, 6) is 3.29. The SMILES string of the molecule is c1ncn(-c2ccc(NC3CCSCC3)cn2)n1. The van der Waals surface area contributed by atoms with Gasteiger partial charge < -0.3 is 5.32 Å². The minimum absolute atomic E-state index is 0.588. The number of nitrogens with one attached hydrogen (secondary N) is 1. The Balaban J connectivity index is 1.67. The molecule has 0 spiro atoms. The van der Waals surface area contributed by atoms with Crippen LogP contribution in [0.5, 0.6) is 0 Å². The molecule has 0 aliphatic carbocycles. The van der Waals surface area contributed by atoms with Crippen molar-refractivity contribution in [2.24, 2.45) is 0 Å². The number of aromatic nitrogens is 4. The van der Waals surface area contributed by atoms with Gasteiger partial charge in [-0.05, 0) is 36.5 Å². The van der Waals surface area contributed by atoms with Crippen molar-refractivity contribution in [2.75, 3.05) is 16.8 Å². The van der Waals surface area contributed by atoms with Crippen molar-refractivity contribution in [3.8, 4) is 5.82 Å². The molecular weight excluding hydrogens is 246 g/mol. The first-order valence-electron chi connectivity index (χ1n) is 6.07. The Morgan fingerprint density at radius 2 is 2.17 bits per heavy atom. The summed E-state index contributed by atoms with van der Waals surface area (Å²) in [6.45, 7) is 0. The fourth-order valence-corrected chi connectivity index (χ4v) is 3.12. The standard InChI is InChI=1S/C12H15N5S/c1-2-12(17-9-13-8-15-17)14-7-11(1)16-10-3-5-18-6-4-10/h1-2,7-10,16H,3-6H2. The van der Waals surface area contributed by atoms with E-state index in [1.807, 2.05) is 30.1 Å². The lowest BCUT2D eigenvalue weighted by molar-refractivity contribution is 0.666. The summed E-state index contributed by atoms with van der Waals surface area (Å²) in [5, 5.41) is 7.58. The maximum Gasteiger partial charge on any atom is 0.155 e. The zero-order chi connectivity index (χ0) is 12.2. The molecule has 0 bridgehead atoms. The van der Waals surface area contributed by atoms with E-state index in [0.717, 1.165) is 11.5 Å². The zero-order valence-electron chi connectivity index (χ0n) is 9.99. The fraction of sp³-hybridized carbons (Fsp3) is 0.417. The predicted octanol–water partition coefficient (Wildman–Crippen LogP) is 1.97. The maximum absolute atomic E-state index is 4.38. The lowest BCUT2D eigenvalue weighted by Gasteiger charge is -2.23. The number of hydrogen-bond donors (Lipinski definition) is 1. The van der Waals surface area contributed by atoms with Crippen LogP contribution in [0.25, 0.3) is 5.82 Å². The van der Waals surface area contributed by atoms with Crippen molar-refractivity contribution in [2.45, 2.75) is 18.9 Å². The first-order chi connectivity index (χ1) is 8.92. The van der Waals surface area contributed by atoms with Gasteiger partial charge in [-0.3, -0.25) is 0 Å². The summed E-state index contributed by atoms with van der Waals surface area (Å²) in [4.78, 5) is 8.29. The van der Waals surface area contributed by atoms with Crippen molar-refractivity contribution >= 4 is 17.4 Å². The number of hydrogen-bond acceptors (Lipinski definition) is 5. The largest absolute Gasteiger partial charge is 0.381 e. The van der Waals surface area contributed by atoms with Crippen molar-refractivity contribution in [1.82, 2.24) is 19.7 Å². The minimum atomic E-state index is 0.588. The first kappa shape index (κ1) is 11.5. The van der Waals surface area contributed by atoms with Crippen LogP contribution in [0.15, 0.2) is 31.0 Å². The minimum Gasteiger partial charge on any atom is -0.381 e. The number of rotatable bonds is 3. The molecule has 1 aliphatic heterocycles. The Morgan fingerprint density at radius 1 is 1.28 bits per heavy atom. The van der Waals surface area contributed by atoms with Gasteiger partial charge in [0.15, 0.2) is 5.82 Å². The second-order valence-corrected chi connectivity index (χ2v) is 5.50. The molecule has 2 aromatic rings. The zero-order valence-corrected chi connectivity index (χ0v) is 10.8. The molecule has 1 saturated heterocycles. The third-order valence-electron chi connectivity index (χ3n) is 2.99. The predicted molar refractivity (Wildman–Crippen MR) is 73.1 cm³/mol. The van der Waals surface area contributed by atoms with E-state index < -0.39 is 0 Å². The molecule has 0 aromatic carbocycles. The van der Waals surface area contributed by atoms with E-state index in [9.17, 15) is 0 Å². The fourth-order valence-electron chi connectivity index (χ4n) is 2.01. The summed E-state index contributed by atoms with van der Waals surface area (Å²) < 4.78 is 1.65. The van der Waals surface area contributed by atoms with Crippen molar-refractivity contribution in [3.63, 3.8) is 0 Å². The van der Waals surface area contributed by atoms with Gasteiger partial charge in [-0.1, -0.05) is 0 Å². The summed E-state index contributed by atoms with van der Waals surface area (Å²) in [7, 11) is 0. The van der Waals surface area contributed by atoms with Gasteiger partial charge in [0.25, 0.3) is 0 Å². The molecule has 0 atom stereocenters. The van der Waals surface area contributed by atoms with E-state index in [2.05, 4.69) is 20.4 Å². The summed E-state index contributed by atoms with van der Waals surface area (Å²) in [6, 6.07) is 4.59. The molecular formula is C12H15N5S. The monoisotopic (exact) mass is 261 g/mol. The van der Waals surface area contributed by atoms with Gasteiger partial charge in [0.05, 0.1) is 11.9 Å². The number of pyridine rings is 1. The molecule has 94 valence electrons. The van der Waals surface area contributed by atoms with Gasteiger partial charge in [0, 0.05) is 6.04 Å². The number of anilines is 1. The molecule has 5 nitrogen and oxygen atoms in total. The van der Waals surface area contributed by atoms with Gasteiger partial charge in [-0.15, -0.1) is 0 Å². The molecule has 3 heterocycles. The third-order valence-corrected chi connectivity index (χ3v) is 4.04. The molecule has 1 aliphatic rings. The summed E-state index contributed by atoms with van der Waals surface area (Å²) in [5.41, 5.74) is 1.08. The van der Waals surface area contributed by atoms with E-state index in [1.165, 1.54) is 30.7 Å². The van der Waals surface area contributed by atoms with Crippen LogP contribution in [0.4, 0.5) is 5.69 Å². The van der Waals surface area contributed by atoms with Crippen molar-refractivity contribution in [1.29, 1.82) is 0 Å². The highest BCUT2D eigenvalue weighted by atomic mass is 32.2. The van der Waals surface area contributed by atoms with Gasteiger partial charge in [0.2, 0.25) is 0 Å². The van der Waals surface area contributed by atoms with Crippen molar-refractivity contribution in [3.05, 3.63) is 31.0 Å². The second kappa shape index (κ2) is 5.39. The highest BCUT2D eigenvalue weighted by molar-refractivity contribution is 7.99. The van der Waals surface area contributed by atoms with Crippen LogP contribution >= 0.6 is 11.8 Å². The van der Waals surface area contributed by atoms with E-state index in [-0.39, 0.29) is 0 Å². The quantitative estimate of drug-likeness (QED) is 0.915. The average molecular weight is 261 g/mol. The van der Waals surface area contributed by atoms with Crippen LogP contribution in [-0.2, 0) is 0 Å². The normalized spacial score (nSPS) is 16.7. The lowest BCUT2D eigenvalue weighted by atomic mass is 10.1.